The molecule has 3 nitrogen and oxygen atoms in total. The minimum atomic E-state index is -2.74. The lowest BCUT2D eigenvalue weighted by atomic mass is 10.2. The van der Waals surface area contributed by atoms with E-state index in [1.54, 1.807) is 0 Å². The average Bonchev–Trinajstić information content (AvgIpc) is 2.24. The molecule has 0 spiro atoms. The van der Waals surface area contributed by atoms with E-state index < -0.39 is 9.84 Å². The Morgan fingerprint density at radius 3 is 2.53 bits per heavy atom. The van der Waals surface area contributed by atoms with Crippen LogP contribution in [-0.2, 0) is 16.4 Å². The summed E-state index contributed by atoms with van der Waals surface area (Å²) in [6, 6.07) is 10.00. The first-order chi connectivity index (χ1) is 7.18. The van der Waals surface area contributed by atoms with Gasteiger partial charge in [0.2, 0.25) is 0 Å². The van der Waals surface area contributed by atoms with Crippen molar-refractivity contribution in [3.8, 4) is 0 Å². The smallest absolute Gasteiger partial charge is 0.154 e. The van der Waals surface area contributed by atoms with Gasteiger partial charge in [0.15, 0.2) is 9.84 Å². The van der Waals surface area contributed by atoms with E-state index in [9.17, 15) is 8.42 Å². The van der Waals surface area contributed by atoms with Gasteiger partial charge < -0.3 is 5.32 Å². The molecule has 1 atom stereocenters. The van der Waals surface area contributed by atoms with E-state index in [0.717, 1.165) is 13.0 Å². The quantitative estimate of drug-likeness (QED) is 0.830. The third kappa shape index (κ3) is 2.58. The van der Waals surface area contributed by atoms with Crippen molar-refractivity contribution >= 4 is 9.84 Å². The van der Waals surface area contributed by atoms with Crippen molar-refractivity contribution in [2.24, 2.45) is 0 Å². The number of rotatable bonds is 4. The molecule has 1 fully saturated rings. The highest BCUT2D eigenvalue weighted by Gasteiger charge is 2.34. The van der Waals surface area contributed by atoms with Crippen LogP contribution >= 0.6 is 0 Å². The number of hydrogen-bond acceptors (Lipinski definition) is 3. The van der Waals surface area contributed by atoms with Gasteiger partial charge in [0.25, 0.3) is 0 Å². The largest absolute Gasteiger partial charge is 0.311 e. The van der Waals surface area contributed by atoms with Crippen LogP contribution in [0.3, 0.4) is 0 Å². The third-order valence-corrected chi connectivity index (χ3v) is 5.00. The summed E-state index contributed by atoms with van der Waals surface area (Å²) >= 11 is 0. The first-order valence-electron chi connectivity index (χ1n) is 5.15. The predicted octanol–water partition coefficient (Wildman–Crippen LogP) is 0.963. The maximum absolute atomic E-state index is 11.2. The van der Waals surface area contributed by atoms with Crippen molar-refractivity contribution < 1.29 is 8.42 Å². The van der Waals surface area contributed by atoms with Crippen molar-refractivity contribution in [3.05, 3.63) is 35.9 Å². The SMILES string of the molecule is O=S1(=O)CCC1CNCc1ccccc1. The van der Waals surface area contributed by atoms with Gasteiger partial charge in [-0.05, 0) is 12.0 Å². The van der Waals surface area contributed by atoms with Crippen LogP contribution in [0.15, 0.2) is 30.3 Å². The summed E-state index contributed by atoms with van der Waals surface area (Å²) in [5.74, 6) is 0.366. The first kappa shape index (κ1) is 10.6. The van der Waals surface area contributed by atoms with Gasteiger partial charge in [-0.15, -0.1) is 0 Å². The molecule has 4 heteroatoms. The van der Waals surface area contributed by atoms with Crippen LogP contribution in [0.4, 0.5) is 0 Å². The normalized spacial score (nSPS) is 23.3. The van der Waals surface area contributed by atoms with E-state index in [-0.39, 0.29) is 5.25 Å². The Morgan fingerprint density at radius 1 is 1.27 bits per heavy atom. The summed E-state index contributed by atoms with van der Waals surface area (Å²) in [6.07, 6.45) is 0.810. The van der Waals surface area contributed by atoms with E-state index in [4.69, 9.17) is 0 Å². The molecule has 15 heavy (non-hydrogen) atoms. The fraction of sp³-hybridized carbons (Fsp3) is 0.455. The summed E-state index contributed by atoms with van der Waals surface area (Å²) < 4.78 is 22.4. The van der Waals surface area contributed by atoms with Crippen LogP contribution in [0.2, 0.25) is 0 Å². The van der Waals surface area contributed by atoms with Crippen LogP contribution in [0.25, 0.3) is 0 Å². The fourth-order valence-electron chi connectivity index (χ4n) is 1.68. The van der Waals surface area contributed by atoms with Crippen LogP contribution in [0.5, 0.6) is 0 Å². The standard InChI is InChI=1S/C11H15NO2S/c13-15(14)7-6-11(15)9-12-8-10-4-2-1-3-5-10/h1-5,11-12H,6-9H2. The molecule has 1 saturated heterocycles. The van der Waals surface area contributed by atoms with Gasteiger partial charge in [0, 0.05) is 13.1 Å². The Hall–Kier alpha value is -0.870. The van der Waals surface area contributed by atoms with E-state index in [0.29, 0.717) is 12.3 Å². The van der Waals surface area contributed by atoms with Crippen LogP contribution in [0.1, 0.15) is 12.0 Å². The van der Waals surface area contributed by atoms with Crippen LogP contribution in [0, 0.1) is 0 Å². The first-order valence-corrected chi connectivity index (χ1v) is 6.86. The fourth-order valence-corrected chi connectivity index (χ4v) is 3.01. The molecule has 1 aliphatic rings. The number of sulfone groups is 1. The van der Waals surface area contributed by atoms with Gasteiger partial charge in [0.1, 0.15) is 0 Å². The Bertz CT molecular complexity index is 413. The maximum atomic E-state index is 11.2. The number of benzene rings is 1. The molecule has 1 aromatic rings. The molecule has 1 aliphatic heterocycles. The molecule has 1 unspecified atom stereocenters. The molecule has 1 N–H and O–H groups in total. The lowest BCUT2D eigenvalue weighted by Crippen LogP contribution is -2.43. The molecule has 0 amide bonds. The minimum Gasteiger partial charge on any atom is -0.311 e. The Labute approximate surface area is 90.4 Å². The van der Waals surface area contributed by atoms with Crippen molar-refractivity contribution in [1.29, 1.82) is 0 Å². The molecule has 0 bridgehead atoms. The topological polar surface area (TPSA) is 46.2 Å². The molecule has 1 heterocycles. The molecule has 0 radical (unpaired) electrons. The van der Waals surface area contributed by atoms with Crippen molar-refractivity contribution in [2.75, 3.05) is 12.3 Å². The second kappa shape index (κ2) is 4.33. The van der Waals surface area contributed by atoms with Crippen molar-refractivity contribution in [2.45, 2.75) is 18.2 Å². The molecule has 0 aromatic heterocycles. The Kier molecular flexibility index (Phi) is 3.07. The predicted molar refractivity (Wildman–Crippen MR) is 60.3 cm³/mol. The third-order valence-electron chi connectivity index (χ3n) is 2.78. The summed E-state index contributed by atoms with van der Waals surface area (Å²) in [5.41, 5.74) is 1.19. The zero-order valence-corrected chi connectivity index (χ0v) is 9.33. The van der Waals surface area contributed by atoms with E-state index >= 15 is 0 Å². The highest BCUT2D eigenvalue weighted by atomic mass is 32.2. The number of hydrogen-bond donors (Lipinski definition) is 1. The van der Waals surface area contributed by atoms with Gasteiger partial charge in [0.05, 0.1) is 11.0 Å². The summed E-state index contributed by atoms with van der Waals surface area (Å²) in [7, 11) is -2.74. The van der Waals surface area contributed by atoms with Crippen LogP contribution in [-0.4, -0.2) is 26.0 Å². The molecular weight excluding hydrogens is 210 g/mol. The summed E-state index contributed by atoms with van der Waals surface area (Å²) in [5, 5.41) is 3.03. The molecule has 0 saturated carbocycles. The van der Waals surface area contributed by atoms with Crippen LogP contribution < -0.4 is 5.32 Å². The van der Waals surface area contributed by atoms with E-state index in [2.05, 4.69) is 5.32 Å². The molecule has 1 aromatic carbocycles. The summed E-state index contributed by atoms with van der Waals surface area (Å²) in [6.45, 7) is 1.32. The van der Waals surface area contributed by atoms with E-state index in [1.807, 2.05) is 30.3 Å². The van der Waals surface area contributed by atoms with E-state index in [1.165, 1.54) is 5.56 Å². The maximum Gasteiger partial charge on any atom is 0.154 e. The second-order valence-electron chi connectivity index (χ2n) is 3.89. The highest BCUT2D eigenvalue weighted by molar-refractivity contribution is 7.93. The molecule has 0 aliphatic carbocycles. The molecular formula is C11H15NO2S. The van der Waals surface area contributed by atoms with Gasteiger partial charge in [-0.1, -0.05) is 30.3 Å². The van der Waals surface area contributed by atoms with Gasteiger partial charge in [-0.2, -0.15) is 0 Å². The van der Waals surface area contributed by atoms with Crippen molar-refractivity contribution in [3.63, 3.8) is 0 Å². The van der Waals surface area contributed by atoms with Gasteiger partial charge in [-0.25, -0.2) is 8.42 Å². The van der Waals surface area contributed by atoms with Gasteiger partial charge >= 0.3 is 0 Å². The van der Waals surface area contributed by atoms with Crippen molar-refractivity contribution in [1.82, 2.24) is 5.32 Å². The Morgan fingerprint density at radius 2 is 2.00 bits per heavy atom. The zero-order chi connectivity index (χ0) is 10.7. The Balaban J connectivity index is 1.77. The highest BCUT2D eigenvalue weighted by Crippen LogP contribution is 2.19. The molecule has 2 rings (SSSR count). The average molecular weight is 225 g/mol. The van der Waals surface area contributed by atoms with Gasteiger partial charge in [-0.3, -0.25) is 0 Å². The lowest BCUT2D eigenvalue weighted by molar-refractivity contribution is 0.528. The molecule has 82 valence electrons. The second-order valence-corrected chi connectivity index (χ2v) is 6.29. The lowest BCUT2D eigenvalue weighted by Gasteiger charge is -2.26. The monoisotopic (exact) mass is 225 g/mol. The minimum absolute atomic E-state index is 0.152. The summed E-state index contributed by atoms with van der Waals surface area (Å²) in [4.78, 5) is 0. The zero-order valence-electron chi connectivity index (χ0n) is 8.52. The number of nitrogens with one attached hydrogen (secondary N) is 1.